The molecule has 1 unspecified atom stereocenters. The molecule has 1 amide bonds. The summed E-state index contributed by atoms with van der Waals surface area (Å²) in [6.07, 6.45) is 0.505. The van der Waals surface area contributed by atoms with E-state index in [0.29, 0.717) is 22.9 Å². The van der Waals surface area contributed by atoms with Crippen LogP contribution < -0.4 is 5.32 Å². The van der Waals surface area contributed by atoms with E-state index in [1.165, 1.54) is 11.8 Å². The van der Waals surface area contributed by atoms with Gasteiger partial charge in [-0.05, 0) is 24.1 Å². The summed E-state index contributed by atoms with van der Waals surface area (Å²) < 4.78 is 0. The number of carboxylic acids is 1. The Balaban J connectivity index is 2.25. The molecule has 0 aliphatic rings. The zero-order chi connectivity index (χ0) is 15.0. The predicted molar refractivity (Wildman–Crippen MR) is 82.0 cm³/mol. The Hall–Kier alpha value is -1.20. The molecule has 1 atom stereocenters. The van der Waals surface area contributed by atoms with E-state index in [4.69, 9.17) is 16.7 Å². The minimum Gasteiger partial charge on any atom is -0.481 e. The molecule has 0 spiro atoms. The summed E-state index contributed by atoms with van der Waals surface area (Å²) in [4.78, 5) is 22.4. The lowest BCUT2D eigenvalue weighted by molar-refractivity contribution is -0.141. The fourth-order valence-corrected chi connectivity index (χ4v) is 2.60. The highest BCUT2D eigenvalue weighted by atomic mass is 35.5. The molecule has 6 heteroatoms. The fraction of sp³-hybridized carbons (Fsp3) is 0.429. The third-order valence-electron chi connectivity index (χ3n) is 2.78. The van der Waals surface area contributed by atoms with Gasteiger partial charge in [0, 0.05) is 17.3 Å². The Morgan fingerprint density at radius 1 is 1.45 bits per heavy atom. The van der Waals surface area contributed by atoms with Crippen molar-refractivity contribution in [1.29, 1.82) is 0 Å². The summed E-state index contributed by atoms with van der Waals surface area (Å²) in [7, 11) is 0. The van der Waals surface area contributed by atoms with Gasteiger partial charge in [-0.3, -0.25) is 9.59 Å². The van der Waals surface area contributed by atoms with Crippen LogP contribution in [-0.4, -0.2) is 29.3 Å². The van der Waals surface area contributed by atoms with E-state index in [9.17, 15) is 9.59 Å². The Morgan fingerprint density at radius 3 is 2.80 bits per heavy atom. The van der Waals surface area contributed by atoms with Crippen molar-refractivity contribution in [3.63, 3.8) is 0 Å². The van der Waals surface area contributed by atoms with Crippen LogP contribution in [0.2, 0.25) is 5.02 Å². The lowest BCUT2D eigenvalue weighted by Gasteiger charge is -2.10. The molecule has 1 aromatic carbocycles. The number of halogens is 1. The van der Waals surface area contributed by atoms with Crippen molar-refractivity contribution in [2.45, 2.75) is 19.1 Å². The van der Waals surface area contributed by atoms with Crippen LogP contribution in [0.5, 0.6) is 0 Å². The van der Waals surface area contributed by atoms with Crippen LogP contribution in [0.3, 0.4) is 0 Å². The molecule has 1 rings (SSSR count). The first kappa shape index (κ1) is 16.9. The lowest BCUT2D eigenvalue weighted by Crippen LogP contribution is -2.33. The van der Waals surface area contributed by atoms with Gasteiger partial charge in [0.15, 0.2) is 0 Å². The molecule has 0 saturated heterocycles. The van der Waals surface area contributed by atoms with Gasteiger partial charge in [-0.2, -0.15) is 0 Å². The summed E-state index contributed by atoms with van der Waals surface area (Å²) in [5, 5.41) is 12.2. The van der Waals surface area contributed by atoms with Gasteiger partial charge >= 0.3 is 5.97 Å². The third-order valence-corrected chi connectivity index (χ3v) is 4.02. The Kier molecular flexibility index (Phi) is 7.47. The highest BCUT2D eigenvalue weighted by Crippen LogP contribution is 2.16. The van der Waals surface area contributed by atoms with Crippen molar-refractivity contribution in [2.75, 3.05) is 12.3 Å². The zero-order valence-electron chi connectivity index (χ0n) is 11.3. The summed E-state index contributed by atoms with van der Waals surface area (Å²) in [5.41, 5.74) is 1.06. The maximum absolute atomic E-state index is 11.6. The number of nitrogens with one attached hydrogen (secondary N) is 1. The molecule has 0 aliphatic carbocycles. The molecule has 0 aliphatic heterocycles. The molecule has 0 saturated carbocycles. The average molecular weight is 316 g/mol. The number of thioether (sulfide) groups is 1. The molecule has 4 nitrogen and oxygen atoms in total. The molecule has 2 N–H and O–H groups in total. The highest BCUT2D eigenvalue weighted by molar-refractivity contribution is 7.99. The second-order valence-corrected chi connectivity index (χ2v) is 5.79. The zero-order valence-corrected chi connectivity index (χ0v) is 12.8. The second-order valence-electron chi connectivity index (χ2n) is 4.37. The van der Waals surface area contributed by atoms with Crippen molar-refractivity contribution in [3.8, 4) is 0 Å². The van der Waals surface area contributed by atoms with E-state index >= 15 is 0 Å². The number of carboxylic acid groups (broad SMARTS) is 1. The topological polar surface area (TPSA) is 66.4 Å². The number of hydrogen-bond donors (Lipinski definition) is 2. The Bertz CT molecular complexity index is 467. The molecule has 1 aromatic rings. The normalized spacial score (nSPS) is 11.9. The predicted octanol–water partition coefficient (Wildman–Crippen LogP) is 2.80. The van der Waals surface area contributed by atoms with Gasteiger partial charge in [-0.1, -0.05) is 30.7 Å². The van der Waals surface area contributed by atoms with Crippen LogP contribution in [0.25, 0.3) is 0 Å². The van der Waals surface area contributed by atoms with E-state index in [0.717, 1.165) is 5.56 Å². The van der Waals surface area contributed by atoms with Crippen molar-refractivity contribution in [2.24, 2.45) is 5.92 Å². The minimum atomic E-state index is -0.876. The van der Waals surface area contributed by atoms with Crippen molar-refractivity contribution >= 4 is 35.2 Å². The van der Waals surface area contributed by atoms with Crippen LogP contribution in [0.4, 0.5) is 0 Å². The van der Waals surface area contributed by atoms with Gasteiger partial charge in [0.2, 0.25) is 5.91 Å². The minimum absolute atomic E-state index is 0.142. The van der Waals surface area contributed by atoms with Gasteiger partial charge in [-0.25, -0.2) is 0 Å². The highest BCUT2D eigenvalue weighted by Gasteiger charge is 2.15. The maximum atomic E-state index is 11.6. The number of rotatable bonds is 8. The lowest BCUT2D eigenvalue weighted by atomic mass is 10.1. The fourth-order valence-electron chi connectivity index (χ4n) is 1.58. The summed E-state index contributed by atoms with van der Waals surface area (Å²) >= 11 is 7.35. The third kappa shape index (κ3) is 6.30. The van der Waals surface area contributed by atoms with Gasteiger partial charge in [0.25, 0.3) is 0 Å². The molecule has 0 aromatic heterocycles. The van der Waals surface area contributed by atoms with E-state index in [1.807, 2.05) is 18.2 Å². The molecular weight excluding hydrogens is 298 g/mol. The van der Waals surface area contributed by atoms with Gasteiger partial charge in [-0.15, -0.1) is 11.8 Å². The Morgan fingerprint density at radius 2 is 2.20 bits per heavy atom. The summed E-state index contributed by atoms with van der Waals surface area (Å²) in [6.45, 7) is 1.97. The van der Waals surface area contributed by atoms with Crippen molar-refractivity contribution in [3.05, 3.63) is 34.9 Å². The summed E-state index contributed by atoms with van der Waals surface area (Å²) in [5.74, 6) is -0.528. The molecule has 0 fully saturated rings. The van der Waals surface area contributed by atoms with E-state index in [2.05, 4.69) is 5.32 Å². The van der Waals surface area contributed by atoms with Crippen LogP contribution in [0.15, 0.2) is 24.3 Å². The molecular formula is C14H18ClNO3S. The van der Waals surface area contributed by atoms with Gasteiger partial charge in [0.1, 0.15) is 0 Å². The van der Waals surface area contributed by atoms with Crippen LogP contribution >= 0.6 is 23.4 Å². The first-order valence-electron chi connectivity index (χ1n) is 6.34. The second kappa shape index (κ2) is 8.87. The molecule has 110 valence electrons. The van der Waals surface area contributed by atoms with E-state index in [-0.39, 0.29) is 12.5 Å². The van der Waals surface area contributed by atoms with Crippen molar-refractivity contribution in [1.82, 2.24) is 5.32 Å². The van der Waals surface area contributed by atoms with E-state index < -0.39 is 11.9 Å². The van der Waals surface area contributed by atoms with Crippen LogP contribution in [-0.2, 0) is 15.3 Å². The molecule has 0 bridgehead atoms. The maximum Gasteiger partial charge on any atom is 0.308 e. The molecule has 0 heterocycles. The number of benzene rings is 1. The van der Waals surface area contributed by atoms with Crippen LogP contribution in [0, 0.1) is 5.92 Å². The molecule has 20 heavy (non-hydrogen) atoms. The quantitative estimate of drug-likeness (QED) is 0.774. The smallest absolute Gasteiger partial charge is 0.308 e. The first-order valence-corrected chi connectivity index (χ1v) is 7.88. The number of carbonyl (C=O) groups excluding carboxylic acids is 1. The van der Waals surface area contributed by atoms with Gasteiger partial charge < -0.3 is 10.4 Å². The average Bonchev–Trinajstić information content (AvgIpc) is 2.39. The standard InChI is InChI=1S/C14H18ClNO3S/c1-2-11(14(18)19)7-16-13(17)9-20-8-10-4-3-5-12(15)6-10/h3-6,11H,2,7-9H2,1H3,(H,16,17)(H,18,19). The first-order chi connectivity index (χ1) is 9.52. The number of hydrogen-bond acceptors (Lipinski definition) is 3. The van der Waals surface area contributed by atoms with Crippen molar-refractivity contribution < 1.29 is 14.7 Å². The number of carbonyl (C=O) groups is 2. The largest absolute Gasteiger partial charge is 0.481 e. The molecule has 0 radical (unpaired) electrons. The monoisotopic (exact) mass is 315 g/mol. The number of aliphatic carboxylic acids is 1. The SMILES string of the molecule is CCC(CNC(=O)CSCc1cccc(Cl)c1)C(=O)O. The summed E-state index contributed by atoms with van der Waals surface area (Å²) in [6, 6.07) is 7.49. The van der Waals surface area contributed by atoms with E-state index in [1.54, 1.807) is 13.0 Å². The Labute approximate surface area is 127 Å². The van der Waals surface area contributed by atoms with Crippen LogP contribution in [0.1, 0.15) is 18.9 Å². The van der Waals surface area contributed by atoms with Gasteiger partial charge in [0.05, 0.1) is 11.7 Å². The number of amides is 1.